The molecule has 2 rings (SSSR count). The lowest BCUT2D eigenvalue weighted by Gasteiger charge is -2.09. The second kappa shape index (κ2) is 5.92. The Morgan fingerprint density at radius 3 is 2.30 bits per heavy atom. The summed E-state index contributed by atoms with van der Waals surface area (Å²) in [6, 6.07) is 10.5. The monoisotopic (exact) mass is 291 g/mol. The van der Waals surface area contributed by atoms with Gasteiger partial charge in [-0.2, -0.15) is 0 Å². The Labute approximate surface area is 119 Å². The summed E-state index contributed by atoms with van der Waals surface area (Å²) in [5.74, 6) is 0.622. The Kier molecular flexibility index (Phi) is 4.24. The third kappa shape index (κ3) is 3.27. The van der Waals surface area contributed by atoms with Crippen LogP contribution in [0.15, 0.2) is 47.5 Å². The molecule has 0 radical (unpaired) electrons. The normalized spacial score (nSPS) is 11.1. The van der Waals surface area contributed by atoms with Gasteiger partial charge in [0.1, 0.15) is 10.7 Å². The van der Waals surface area contributed by atoms with Crippen molar-refractivity contribution in [3.05, 3.63) is 48.2 Å². The van der Waals surface area contributed by atoms with Gasteiger partial charge in [-0.15, -0.1) is 0 Å². The summed E-state index contributed by atoms with van der Waals surface area (Å²) in [5.41, 5.74) is 1.70. The molecule has 0 bridgehead atoms. The summed E-state index contributed by atoms with van der Waals surface area (Å²) in [6.45, 7) is 2.05. The van der Waals surface area contributed by atoms with Gasteiger partial charge in [-0.05, 0) is 36.2 Å². The zero-order valence-electron chi connectivity index (χ0n) is 11.4. The van der Waals surface area contributed by atoms with Gasteiger partial charge in [-0.3, -0.25) is 4.72 Å². The lowest BCUT2D eigenvalue weighted by Crippen LogP contribution is -2.13. The quantitative estimate of drug-likeness (QED) is 0.888. The van der Waals surface area contributed by atoms with Gasteiger partial charge in [0.25, 0.3) is 10.0 Å². The van der Waals surface area contributed by atoms with Crippen LogP contribution in [-0.4, -0.2) is 20.4 Å². The first-order chi connectivity index (χ1) is 9.55. The molecule has 0 aliphatic rings. The highest BCUT2D eigenvalue weighted by Crippen LogP contribution is 2.17. The van der Waals surface area contributed by atoms with E-state index in [9.17, 15) is 8.42 Å². The first kappa shape index (κ1) is 14.3. The number of sulfonamides is 1. The first-order valence-electron chi connectivity index (χ1n) is 6.30. The van der Waals surface area contributed by atoms with Crippen molar-refractivity contribution in [2.45, 2.75) is 18.2 Å². The van der Waals surface area contributed by atoms with Crippen molar-refractivity contribution in [1.29, 1.82) is 0 Å². The largest absolute Gasteiger partial charge is 0.373 e. The van der Waals surface area contributed by atoms with Gasteiger partial charge in [0, 0.05) is 18.9 Å². The van der Waals surface area contributed by atoms with Crippen molar-refractivity contribution >= 4 is 21.5 Å². The average Bonchev–Trinajstić information content (AvgIpc) is 2.48. The smallest absolute Gasteiger partial charge is 0.263 e. The second-order valence-corrected chi connectivity index (χ2v) is 5.97. The standard InChI is InChI=1S/C14H17N3O2S/c1-3-11-4-6-12(7-5-11)17-20(18,19)13-8-9-14(15-2)16-10-13/h4-10,17H,3H2,1-2H3,(H,15,16). The summed E-state index contributed by atoms with van der Waals surface area (Å²) in [7, 11) is -1.87. The molecule has 1 aromatic heterocycles. The third-order valence-corrected chi connectivity index (χ3v) is 4.28. The SMILES string of the molecule is CCc1ccc(NS(=O)(=O)c2ccc(NC)nc2)cc1. The van der Waals surface area contributed by atoms with Crippen molar-refractivity contribution in [2.75, 3.05) is 17.1 Å². The molecule has 0 aliphatic carbocycles. The number of benzene rings is 1. The lowest BCUT2D eigenvalue weighted by atomic mass is 10.2. The molecular weight excluding hydrogens is 274 g/mol. The maximum absolute atomic E-state index is 12.2. The fourth-order valence-corrected chi connectivity index (χ4v) is 2.71. The van der Waals surface area contributed by atoms with Crippen molar-refractivity contribution in [3.8, 4) is 0 Å². The van der Waals surface area contributed by atoms with Crippen LogP contribution in [0.4, 0.5) is 11.5 Å². The lowest BCUT2D eigenvalue weighted by molar-refractivity contribution is 0.601. The van der Waals surface area contributed by atoms with E-state index >= 15 is 0 Å². The Bertz CT molecular complexity index is 665. The number of anilines is 2. The summed E-state index contributed by atoms with van der Waals surface area (Å²) in [5, 5.41) is 2.84. The third-order valence-electron chi connectivity index (χ3n) is 2.92. The summed E-state index contributed by atoms with van der Waals surface area (Å²) >= 11 is 0. The van der Waals surface area contributed by atoms with Crippen molar-refractivity contribution in [1.82, 2.24) is 4.98 Å². The molecule has 0 spiro atoms. The van der Waals surface area contributed by atoms with Crippen LogP contribution in [0.3, 0.4) is 0 Å². The van der Waals surface area contributed by atoms with E-state index in [4.69, 9.17) is 0 Å². The minimum Gasteiger partial charge on any atom is -0.373 e. The molecule has 0 atom stereocenters. The molecule has 1 aromatic carbocycles. The summed E-state index contributed by atoms with van der Waals surface area (Å²) < 4.78 is 26.9. The van der Waals surface area contributed by atoms with E-state index in [0.717, 1.165) is 12.0 Å². The van der Waals surface area contributed by atoms with Gasteiger partial charge < -0.3 is 5.32 Å². The number of aryl methyl sites for hydroxylation is 1. The molecule has 0 unspecified atom stereocenters. The fraction of sp³-hybridized carbons (Fsp3) is 0.214. The van der Waals surface area contributed by atoms with Crippen molar-refractivity contribution in [2.24, 2.45) is 0 Å². The van der Waals surface area contributed by atoms with Crippen LogP contribution in [0.2, 0.25) is 0 Å². The molecule has 20 heavy (non-hydrogen) atoms. The number of nitrogens with one attached hydrogen (secondary N) is 2. The molecule has 106 valence electrons. The minimum atomic E-state index is -3.60. The van der Waals surface area contributed by atoms with Gasteiger partial charge in [0.05, 0.1) is 0 Å². The Morgan fingerprint density at radius 2 is 1.80 bits per heavy atom. The number of aromatic nitrogens is 1. The van der Waals surface area contributed by atoms with Gasteiger partial charge in [0.2, 0.25) is 0 Å². The molecule has 5 nitrogen and oxygen atoms in total. The molecule has 0 fully saturated rings. The highest BCUT2D eigenvalue weighted by atomic mass is 32.2. The van der Waals surface area contributed by atoms with Crippen LogP contribution in [-0.2, 0) is 16.4 Å². The highest BCUT2D eigenvalue weighted by molar-refractivity contribution is 7.92. The van der Waals surface area contributed by atoms with E-state index in [0.29, 0.717) is 11.5 Å². The molecule has 2 aromatic rings. The molecule has 2 N–H and O–H groups in total. The van der Waals surface area contributed by atoms with E-state index in [1.165, 1.54) is 12.3 Å². The number of hydrogen-bond donors (Lipinski definition) is 2. The van der Waals surface area contributed by atoms with Crippen LogP contribution < -0.4 is 10.0 Å². The number of rotatable bonds is 5. The van der Waals surface area contributed by atoms with E-state index in [1.54, 1.807) is 25.2 Å². The van der Waals surface area contributed by atoms with Gasteiger partial charge in [0.15, 0.2) is 0 Å². The van der Waals surface area contributed by atoms with E-state index in [2.05, 4.69) is 15.0 Å². The maximum Gasteiger partial charge on any atom is 0.263 e. The van der Waals surface area contributed by atoms with Crippen molar-refractivity contribution < 1.29 is 8.42 Å². The van der Waals surface area contributed by atoms with E-state index < -0.39 is 10.0 Å². The second-order valence-electron chi connectivity index (χ2n) is 4.29. The topological polar surface area (TPSA) is 71.1 Å². The zero-order valence-corrected chi connectivity index (χ0v) is 12.2. The minimum absolute atomic E-state index is 0.135. The van der Waals surface area contributed by atoms with Crippen LogP contribution in [0.25, 0.3) is 0 Å². The summed E-state index contributed by atoms with van der Waals surface area (Å²) in [6.07, 6.45) is 2.25. The van der Waals surface area contributed by atoms with Gasteiger partial charge in [-0.25, -0.2) is 13.4 Å². The highest BCUT2D eigenvalue weighted by Gasteiger charge is 2.14. The number of pyridine rings is 1. The van der Waals surface area contributed by atoms with Gasteiger partial charge in [-0.1, -0.05) is 19.1 Å². The number of nitrogens with zero attached hydrogens (tertiary/aromatic N) is 1. The van der Waals surface area contributed by atoms with E-state index in [-0.39, 0.29) is 4.90 Å². The molecular formula is C14H17N3O2S. The van der Waals surface area contributed by atoms with Crippen LogP contribution in [0.5, 0.6) is 0 Å². The summed E-state index contributed by atoms with van der Waals surface area (Å²) in [4.78, 5) is 4.14. The molecule has 6 heteroatoms. The molecule has 0 saturated carbocycles. The predicted octanol–water partition coefficient (Wildman–Crippen LogP) is 2.49. The Morgan fingerprint density at radius 1 is 1.10 bits per heavy atom. The Hall–Kier alpha value is -2.08. The van der Waals surface area contributed by atoms with Gasteiger partial charge >= 0.3 is 0 Å². The average molecular weight is 291 g/mol. The maximum atomic E-state index is 12.2. The zero-order chi connectivity index (χ0) is 14.6. The Balaban J connectivity index is 2.20. The molecule has 0 aliphatic heterocycles. The molecule has 0 saturated heterocycles. The van der Waals surface area contributed by atoms with Crippen LogP contribution in [0.1, 0.15) is 12.5 Å². The van der Waals surface area contributed by atoms with Crippen molar-refractivity contribution in [3.63, 3.8) is 0 Å². The molecule has 0 amide bonds. The molecule has 1 heterocycles. The van der Waals surface area contributed by atoms with Crippen LogP contribution in [0, 0.1) is 0 Å². The number of hydrogen-bond acceptors (Lipinski definition) is 4. The van der Waals surface area contributed by atoms with Crippen LogP contribution >= 0.6 is 0 Å². The first-order valence-corrected chi connectivity index (χ1v) is 7.79. The fourth-order valence-electron chi connectivity index (χ4n) is 1.71. The van der Waals surface area contributed by atoms with E-state index in [1.807, 2.05) is 19.1 Å². The predicted molar refractivity (Wildman–Crippen MR) is 80.4 cm³/mol.